The summed E-state index contributed by atoms with van der Waals surface area (Å²) in [6.07, 6.45) is 0. The second-order valence-electron chi connectivity index (χ2n) is 6.77. The van der Waals surface area contributed by atoms with Gasteiger partial charge < -0.3 is 9.73 Å². The number of hydrogen-bond donors (Lipinski definition) is 2. The van der Waals surface area contributed by atoms with Gasteiger partial charge in [-0.1, -0.05) is 48.0 Å². The van der Waals surface area contributed by atoms with Crippen LogP contribution in [0, 0.1) is 6.92 Å². The number of nitrogens with one attached hydrogen (secondary N) is 2. The van der Waals surface area contributed by atoms with Gasteiger partial charge in [-0.15, -0.1) is 11.3 Å². The Labute approximate surface area is 181 Å². The third-order valence-corrected chi connectivity index (χ3v) is 5.69. The highest BCUT2D eigenvalue weighted by atomic mass is 35.5. The Morgan fingerprint density at radius 3 is 2.63 bits per heavy atom. The number of aromatic nitrogens is 1. The van der Waals surface area contributed by atoms with Crippen LogP contribution in [-0.4, -0.2) is 16.8 Å². The smallest absolute Gasteiger partial charge is 0.293 e. The molecule has 0 fully saturated rings. The summed E-state index contributed by atoms with van der Waals surface area (Å²) in [5.74, 6) is -0.218. The molecule has 30 heavy (non-hydrogen) atoms. The number of thiazole rings is 1. The van der Waals surface area contributed by atoms with Crippen LogP contribution in [0.4, 0.5) is 5.13 Å². The summed E-state index contributed by atoms with van der Waals surface area (Å²) in [4.78, 5) is 28.2. The van der Waals surface area contributed by atoms with Crippen molar-refractivity contribution in [3.8, 4) is 11.3 Å². The Kier molecular flexibility index (Phi) is 5.57. The number of hydrogen-bond acceptors (Lipinski definition) is 5. The predicted octanol–water partition coefficient (Wildman–Crippen LogP) is 5.41. The molecule has 6 nitrogen and oxygen atoms in total. The standard InChI is InChI=1S/C22H18ClN3O3S/c1-12-16-4-3-5-17(23)20(16)29-19(12)21(28)26-22-25-18(11-30-22)15-8-6-14(7-9-15)10-24-13(2)27/h3-9,11H,10H2,1-2H3,(H,24,27)(H,25,26,28). The largest absolute Gasteiger partial charge is 0.449 e. The first-order valence-corrected chi connectivity index (χ1v) is 10.5. The highest BCUT2D eigenvalue weighted by Crippen LogP contribution is 2.32. The predicted molar refractivity (Wildman–Crippen MR) is 119 cm³/mol. The van der Waals surface area contributed by atoms with Gasteiger partial charge in [0.05, 0.1) is 10.7 Å². The van der Waals surface area contributed by atoms with Gasteiger partial charge in [-0.2, -0.15) is 0 Å². The fourth-order valence-corrected chi connectivity index (χ4v) is 3.99. The summed E-state index contributed by atoms with van der Waals surface area (Å²) in [5, 5.41) is 9.19. The normalized spacial score (nSPS) is 10.9. The summed E-state index contributed by atoms with van der Waals surface area (Å²) in [7, 11) is 0. The summed E-state index contributed by atoms with van der Waals surface area (Å²) in [5.41, 5.74) is 3.91. The lowest BCUT2D eigenvalue weighted by Crippen LogP contribution is -2.18. The van der Waals surface area contributed by atoms with Crippen LogP contribution >= 0.6 is 22.9 Å². The topological polar surface area (TPSA) is 84.2 Å². The molecular formula is C22H18ClN3O3S. The monoisotopic (exact) mass is 439 g/mol. The van der Waals surface area contributed by atoms with E-state index in [9.17, 15) is 9.59 Å². The van der Waals surface area contributed by atoms with Crippen molar-refractivity contribution in [1.29, 1.82) is 0 Å². The second kappa shape index (κ2) is 8.30. The van der Waals surface area contributed by atoms with Gasteiger partial charge in [0.1, 0.15) is 0 Å². The van der Waals surface area contributed by atoms with E-state index < -0.39 is 0 Å². The van der Waals surface area contributed by atoms with Gasteiger partial charge in [-0.25, -0.2) is 4.98 Å². The summed E-state index contributed by atoms with van der Waals surface area (Å²) < 4.78 is 5.71. The van der Waals surface area contributed by atoms with Crippen LogP contribution < -0.4 is 10.6 Å². The lowest BCUT2D eigenvalue weighted by atomic mass is 10.1. The molecule has 152 valence electrons. The minimum Gasteiger partial charge on any atom is -0.449 e. The third kappa shape index (κ3) is 4.08. The van der Waals surface area contributed by atoms with Crippen LogP contribution in [0.5, 0.6) is 0 Å². The fraction of sp³-hybridized carbons (Fsp3) is 0.136. The molecule has 4 rings (SSSR count). The number of carbonyl (C=O) groups is 2. The number of carbonyl (C=O) groups excluding carboxylic acids is 2. The van der Waals surface area contributed by atoms with Crippen molar-refractivity contribution in [2.75, 3.05) is 5.32 Å². The van der Waals surface area contributed by atoms with Crippen LogP contribution in [0.15, 0.2) is 52.3 Å². The van der Waals surface area contributed by atoms with E-state index in [4.69, 9.17) is 16.0 Å². The highest BCUT2D eigenvalue weighted by molar-refractivity contribution is 7.14. The first kappa shape index (κ1) is 20.1. The number of benzene rings is 2. The van der Waals surface area contributed by atoms with E-state index in [0.717, 1.165) is 27.8 Å². The number of para-hydroxylation sites is 1. The average molecular weight is 440 g/mol. The zero-order valence-corrected chi connectivity index (χ0v) is 17.9. The summed E-state index contributed by atoms with van der Waals surface area (Å²) in [6.45, 7) is 3.79. The molecule has 8 heteroatoms. The molecule has 2 aromatic heterocycles. The Morgan fingerprint density at radius 1 is 1.17 bits per heavy atom. The molecule has 0 radical (unpaired) electrons. The zero-order chi connectivity index (χ0) is 21.3. The maximum absolute atomic E-state index is 12.7. The molecule has 2 N–H and O–H groups in total. The number of aryl methyl sites for hydroxylation is 1. The van der Waals surface area contributed by atoms with Gasteiger partial charge in [-0.3, -0.25) is 14.9 Å². The van der Waals surface area contributed by atoms with Gasteiger partial charge in [0.15, 0.2) is 16.5 Å². The lowest BCUT2D eigenvalue weighted by Gasteiger charge is -2.03. The summed E-state index contributed by atoms with van der Waals surface area (Å²) in [6, 6.07) is 13.2. The number of rotatable bonds is 5. The molecule has 2 aromatic carbocycles. The Morgan fingerprint density at radius 2 is 1.93 bits per heavy atom. The average Bonchev–Trinajstić information content (AvgIpc) is 3.32. The van der Waals surface area contributed by atoms with E-state index in [2.05, 4.69) is 15.6 Å². The minimum atomic E-state index is -0.369. The van der Waals surface area contributed by atoms with E-state index >= 15 is 0 Å². The van der Waals surface area contributed by atoms with Crippen LogP contribution in [0.3, 0.4) is 0 Å². The SMILES string of the molecule is CC(=O)NCc1ccc(-c2csc(NC(=O)c3oc4c(Cl)cccc4c3C)n2)cc1. The van der Waals surface area contributed by atoms with Crippen molar-refractivity contribution in [2.24, 2.45) is 0 Å². The third-order valence-electron chi connectivity index (χ3n) is 4.64. The fourth-order valence-electron chi connectivity index (χ4n) is 3.06. The van der Waals surface area contributed by atoms with Crippen molar-refractivity contribution in [3.05, 3.63) is 69.8 Å². The van der Waals surface area contributed by atoms with E-state index in [-0.39, 0.29) is 17.6 Å². The molecule has 0 unspecified atom stereocenters. The molecule has 4 aromatic rings. The Hall–Kier alpha value is -3.16. The molecule has 0 saturated carbocycles. The molecule has 2 amide bonds. The van der Waals surface area contributed by atoms with Gasteiger partial charge in [0, 0.05) is 35.4 Å². The van der Waals surface area contributed by atoms with Crippen LogP contribution in [0.2, 0.25) is 5.02 Å². The lowest BCUT2D eigenvalue weighted by molar-refractivity contribution is -0.119. The van der Waals surface area contributed by atoms with Crippen molar-refractivity contribution in [2.45, 2.75) is 20.4 Å². The summed E-state index contributed by atoms with van der Waals surface area (Å²) >= 11 is 7.50. The maximum Gasteiger partial charge on any atom is 0.293 e. The number of amides is 2. The molecule has 0 aliphatic rings. The molecule has 0 saturated heterocycles. The van der Waals surface area contributed by atoms with E-state index in [1.807, 2.05) is 48.7 Å². The van der Waals surface area contributed by atoms with Crippen LogP contribution in [-0.2, 0) is 11.3 Å². The second-order valence-corrected chi connectivity index (χ2v) is 8.04. The van der Waals surface area contributed by atoms with E-state index in [1.54, 1.807) is 6.07 Å². The quantitative estimate of drug-likeness (QED) is 0.435. The van der Waals surface area contributed by atoms with Gasteiger partial charge >= 0.3 is 0 Å². The first-order chi connectivity index (χ1) is 14.4. The van der Waals surface area contributed by atoms with Crippen LogP contribution in [0.1, 0.15) is 28.6 Å². The molecular weight excluding hydrogens is 422 g/mol. The number of nitrogens with zero attached hydrogens (tertiary/aromatic N) is 1. The maximum atomic E-state index is 12.7. The van der Waals surface area contributed by atoms with Gasteiger partial charge in [0.25, 0.3) is 5.91 Å². The van der Waals surface area contributed by atoms with Crippen LogP contribution in [0.25, 0.3) is 22.2 Å². The van der Waals surface area contributed by atoms with E-state index in [0.29, 0.717) is 22.3 Å². The van der Waals surface area contributed by atoms with Crippen molar-refractivity contribution in [3.63, 3.8) is 0 Å². The number of fused-ring (bicyclic) bond motifs is 1. The van der Waals surface area contributed by atoms with Crippen molar-refractivity contribution < 1.29 is 14.0 Å². The number of anilines is 1. The van der Waals surface area contributed by atoms with E-state index in [1.165, 1.54) is 18.3 Å². The molecule has 0 spiro atoms. The van der Waals surface area contributed by atoms with Crippen molar-refractivity contribution >= 4 is 50.9 Å². The molecule has 2 heterocycles. The first-order valence-electron chi connectivity index (χ1n) is 9.20. The Balaban J connectivity index is 1.50. The number of halogens is 1. The molecule has 0 aliphatic carbocycles. The highest BCUT2D eigenvalue weighted by Gasteiger charge is 2.20. The molecule has 0 bridgehead atoms. The van der Waals surface area contributed by atoms with Gasteiger partial charge in [0.2, 0.25) is 5.91 Å². The van der Waals surface area contributed by atoms with Crippen molar-refractivity contribution in [1.82, 2.24) is 10.3 Å². The molecule has 0 aliphatic heterocycles. The number of furan rings is 1. The minimum absolute atomic E-state index is 0.0686. The van der Waals surface area contributed by atoms with Gasteiger partial charge in [-0.05, 0) is 18.6 Å². The Bertz CT molecular complexity index is 1240. The zero-order valence-electron chi connectivity index (χ0n) is 16.3. The molecule has 0 atom stereocenters.